The van der Waals surface area contributed by atoms with Crippen molar-refractivity contribution in [3.8, 4) is 5.75 Å². The van der Waals surface area contributed by atoms with Gasteiger partial charge in [-0.2, -0.15) is 0 Å². The zero-order chi connectivity index (χ0) is 19.4. The van der Waals surface area contributed by atoms with E-state index in [1.165, 1.54) is 16.7 Å². The minimum absolute atomic E-state index is 0.0948. The summed E-state index contributed by atoms with van der Waals surface area (Å²) in [7, 11) is 0. The van der Waals surface area contributed by atoms with E-state index in [9.17, 15) is 4.79 Å². The molecule has 2 aromatic rings. The van der Waals surface area contributed by atoms with Crippen LogP contribution < -0.4 is 4.74 Å². The van der Waals surface area contributed by atoms with Gasteiger partial charge < -0.3 is 4.74 Å². The Kier molecular flexibility index (Phi) is 6.60. The number of hydrogen-bond donors (Lipinski definition) is 0. The summed E-state index contributed by atoms with van der Waals surface area (Å²) in [5.41, 5.74) is 1.75. The Morgan fingerprint density at radius 2 is 1.93 bits per heavy atom. The van der Waals surface area contributed by atoms with Crippen LogP contribution in [0.3, 0.4) is 0 Å². The lowest BCUT2D eigenvalue weighted by Gasteiger charge is -2.10. The summed E-state index contributed by atoms with van der Waals surface area (Å²) in [5.74, 6) is 0.611. The van der Waals surface area contributed by atoms with Crippen LogP contribution in [-0.4, -0.2) is 21.7 Å². The Morgan fingerprint density at radius 1 is 1.19 bits per heavy atom. The van der Waals surface area contributed by atoms with Crippen molar-refractivity contribution < 1.29 is 9.53 Å². The number of ether oxygens (including phenoxy) is 1. The molecule has 0 atom stereocenters. The molecule has 7 heteroatoms. The van der Waals surface area contributed by atoms with Gasteiger partial charge in [-0.25, -0.2) is 0 Å². The molecule has 2 aromatic carbocycles. The zero-order valence-corrected chi connectivity index (χ0v) is 17.3. The van der Waals surface area contributed by atoms with E-state index < -0.39 is 0 Å². The molecule has 0 aromatic heterocycles. The third-order valence-electron chi connectivity index (χ3n) is 3.77. The molecule has 0 radical (unpaired) electrons. The van der Waals surface area contributed by atoms with E-state index in [1.54, 1.807) is 18.2 Å². The number of hydrogen-bond acceptors (Lipinski definition) is 4. The van der Waals surface area contributed by atoms with E-state index in [0.29, 0.717) is 38.2 Å². The molecule has 0 bridgehead atoms. The number of carbonyl (C=O) groups excluding carboxylic acids is 1. The highest BCUT2D eigenvalue weighted by Gasteiger charge is 2.30. The fraction of sp³-hybridized carbons (Fsp3) is 0.100. The molecule has 0 saturated carbocycles. The number of rotatable bonds is 6. The molecule has 0 aliphatic carbocycles. The molecule has 1 fully saturated rings. The summed E-state index contributed by atoms with van der Waals surface area (Å²) in [4.78, 5) is 14.5. The van der Waals surface area contributed by atoms with Gasteiger partial charge in [0.15, 0.2) is 0 Å². The van der Waals surface area contributed by atoms with E-state index in [0.717, 1.165) is 11.1 Å². The Labute approximate surface area is 177 Å². The molecule has 0 spiro atoms. The molecular weight excluding hydrogens is 421 g/mol. The molecule has 138 valence electrons. The average molecular weight is 436 g/mol. The number of carbonyl (C=O) groups is 1. The van der Waals surface area contributed by atoms with Gasteiger partial charge in [-0.15, -0.1) is 6.58 Å². The van der Waals surface area contributed by atoms with E-state index in [2.05, 4.69) is 6.58 Å². The summed E-state index contributed by atoms with van der Waals surface area (Å²) in [6, 6.07) is 12.8. The lowest BCUT2D eigenvalue weighted by atomic mass is 10.2. The second-order valence-corrected chi connectivity index (χ2v) is 8.19. The van der Waals surface area contributed by atoms with Crippen LogP contribution >= 0.6 is 47.2 Å². The number of amides is 1. The quantitative estimate of drug-likeness (QED) is 0.318. The Hall–Kier alpha value is -1.79. The van der Waals surface area contributed by atoms with Crippen molar-refractivity contribution in [2.24, 2.45) is 0 Å². The number of thiocarbonyl (C=S) groups is 1. The monoisotopic (exact) mass is 435 g/mol. The maximum Gasteiger partial charge on any atom is 0.266 e. The first kappa shape index (κ1) is 20.0. The molecule has 3 rings (SSSR count). The van der Waals surface area contributed by atoms with Crippen molar-refractivity contribution >= 4 is 63.5 Å². The van der Waals surface area contributed by atoms with Crippen molar-refractivity contribution in [1.29, 1.82) is 0 Å². The van der Waals surface area contributed by atoms with Crippen molar-refractivity contribution in [2.45, 2.75) is 6.61 Å². The molecule has 3 nitrogen and oxygen atoms in total. The van der Waals surface area contributed by atoms with Gasteiger partial charge in [-0.05, 0) is 35.9 Å². The van der Waals surface area contributed by atoms with Crippen molar-refractivity contribution in [2.75, 3.05) is 6.54 Å². The van der Waals surface area contributed by atoms with Crippen LogP contribution in [0.25, 0.3) is 6.08 Å². The van der Waals surface area contributed by atoms with Gasteiger partial charge in [0.05, 0.1) is 4.91 Å². The summed E-state index contributed by atoms with van der Waals surface area (Å²) in [6.45, 7) is 4.41. The van der Waals surface area contributed by atoms with Gasteiger partial charge in [0.1, 0.15) is 16.7 Å². The van der Waals surface area contributed by atoms with E-state index in [4.69, 9.17) is 40.2 Å². The Balaban J connectivity index is 1.66. The molecule has 0 unspecified atom stereocenters. The van der Waals surface area contributed by atoms with Gasteiger partial charge in [0, 0.05) is 22.2 Å². The molecule has 1 amide bonds. The molecule has 27 heavy (non-hydrogen) atoms. The van der Waals surface area contributed by atoms with E-state index in [1.807, 2.05) is 36.4 Å². The third kappa shape index (κ3) is 4.93. The van der Waals surface area contributed by atoms with E-state index in [-0.39, 0.29) is 5.91 Å². The first-order valence-electron chi connectivity index (χ1n) is 8.01. The predicted octanol–water partition coefficient (Wildman–Crippen LogP) is 5.96. The van der Waals surface area contributed by atoms with E-state index >= 15 is 0 Å². The first-order chi connectivity index (χ1) is 13.0. The lowest BCUT2D eigenvalue weighted by molar-refractivity contribution is -0.121. The third-order valence-corrected chi connectivity index (χ3v) is 5.74. The highest BCUT2D eigenvalue weighted by molar-refractivity contribution is 8.26. The topological polar surface area (TPSA) is 29.5 Å². The van der Waals surface area contributed by atoms with Crippen molar-refractivity contribution in [1.82, 2.24) is 4.90 Å². The first-order valence-corrected chi connectivity index (χ1v) is 9.99. The number of nitrogens with zero attached hydrogens (tertiary/aromatic N) is 1. The summed E-state index contributed by atoms with van der Waals surface area (Å²) in [6.07, 6.45) is 3.48. The molecule has 1 heterocycles. The Bertz CT molecular complexity index is 926. The highest BCUT2D eigenvalue weighted by atomic mass is 35.5. The minimum Gasteiger partial charge on any atom is -0.489 e. The summed E-state index contributed by atoms with van der Waals surface area (Å²) >= 11 is 18.6. The van der Waals surface area contributed by atoms with Gasteiger partial charge in [-0.3, -0.25) is 9.69 Å². The van der Waals surface area contributed by atoms with Crippen LogP contribution in [0.15, 0.2) is 60.0 Å². The standard InChI is InChI=1S/C20H15Cl2NO2S2/c1-2-9-23-19(24)18(27-20(23)26)10-13-3-7-16(8-4-13)25-12-14-5-6-15(21)11-17(14)22/h2-8,10-11H,1,9,12H2/b18-10+. The van der Waals surface area contributed by atoms with Crippen LogP contribution in [0, 0.1) is 0 Å². The van der Waals surface area contributed by atoms with Gasteiger partial charge in [0.25, 0.3) is 5.91 Å². The van der Waals surface area contributed by atoms with Gasteiger partial charge in [-0.1, -0.05) is 71.5 Å². The smallest absolute Gasteiger partial charge is 0.266 e. The van der Waals surface area contributed by atoms with Crippen LogP contribution in [0.1, 0.15) is 11.1 Å². The number of halogens is 2. The normalized spacial score (nSPS) is 15.5. The van der Waals surface area contributed by atoms with Gasteiger partial charge >= 0.3 is 0 Å². The molecule has 0 N–H and O–H groups in total. The fourth-order valence-electron chi connectivity index (χ4n) is 2.40. The SMILES string of the molecule is C=CCN1C(=O)/C(=C\c2ccc(OCc3ccc(Cl)cc3Cl)cc2)SC1=S. The lowest BCUT2D eigenvalue weighted by Crippen LogP contribution is -2.27. The van der Waals surface area contributed by atoms with Crippen molar-refractivity contribution in [3.63, 3.8) is 0 Å². The fourth-order valence-corrected chi connectivity index (χ4v) is 4.14. The van der Waals surface area contributed by atoms with Crippen LogP contribution in [-0.2, 0) is 11.4 Å². The second-order valence-electron chi connectivity index (χ2n) is 5.67. The minimum atomic E-state index is -0.0948. The number of benzene rings is 2. The molecule has 1 aliphatic rings. The van der Waals surface area contributed by atoms with Crippen LogP contribution in [0.4, 0.5) is 0 Å². The molecular formula is C20H15Cl2NO2S2. The average Bonchev–Trinajstić information content (AvgIpc) is 2.90. The molecule has 1 saturated heterocycles. The number of thioether (sulfide) groups is 1. The summed E-state index contributed by atoms with van der Waals surface area (Å²) in [5, 5.41) is 1.16. The second kappa shape index (κ2) is 8.93. The van der Waals surface area contributed by atoms with Crippen LogP contribution in [0.5, 0.6) is 5.75 Å². The Morgan fingerprint density at radius 3 is 2.59 bits per heavy atom. The predicted molar refractivity (Wildman–Crippen MR) is 117 cm³/mol. The summed E-state index contributed by atoms with van der Waals surface area (Å²) < 4.78 is 6.31. The van der Waals surface area contributed by atoms with Gasteiger partial charge in [0.2, 0.25) is 0 Å². The maximum absolute atomic E-state index is 12.3. The van der Waals surface area contributed by atoms with Crippen LogP contribution in [0.2, 0.25) is 10.0 Å². The zero-order valence-electron chi connectivity index (χ0n) is 14.2. The highest BCUT2D eigenvalue weighted by Crippen LogP contribution is 2.32. The maximum atomic E-state index is 12.3. The van der Waals surface area contributed by atoms with Crippen molar-refractivity contribution in [3.05, 3.63) is 81.2 Å². The largest absolute Gasteiger partial charge is 0.489 e. The molecule has 1 aliphatic heterocycles.